The van der Waals surface area contributed by atoms with E-state index in [9.17, 15) is 0 Å². The van der Waals surface area contributed by atoms with Crippen molar-refractivity contribution in [1.29, 1.82) is 0 Å². The Morgan fingerprint density at radius 1 is 1.27 bits per heavy atom. The summed E-state index contributed by atoms with van der Waals surface area (Å²) in [5, 5.41) is 7.72. The lowest BCUT2D eigenvalue weighted by Gasteiger charge is -2.09. The maximum absolute atomic E-state index is 5.48. The molecule has 8 nitrogen and oxygen atoms in total. The second kappa shape index (κ2) is 5.83. The number of H-pyrrole nitrogens is 2. The van der Waals surface area contributed by atoms with Crippen LogP contribution in [0, 0.1) is 0 Å². The number of ether oxygens (including phenoxy) is 1. The molecule has 5 rings (SSSR count). The number of rotatable bonds is 5. The molecule has 3 heterocycles. The van der Waals surface area contributed by atoms with Gasteiger partial charge in [-0.3, -0.25) is 9.97 Å². The van der Waals surface area contributed by atoms with Gasteiger partial charge in [0.25, 0.3) is 0 Å². The van der Waals surface area contributed by atoms with E-state index in [4.69, 9.17) is 4.74 Å². The molecule has 1 aliphatic carbocycles. The number of hydrogen-bond donors (Lipinski definition) is 3. The van der Waals surface area contributed by atoms with Gasteiger partial charge in [-0.1, -0.05) is 11.1 Å². The Morgan fingerprint density at radius 2 is 2.19 bits per heavy atom. The monoisotopic (exact) mass is 348 g/mol. The Labute approximate surface area is 149 Å². The zero-order valence-electron chi connectivity index (χ0n) is 14.2. The van der Waals surface area contributed by atoms with Crippen LogP contribution in [-0.2, 0) is 0 Å². The van der Waals surface area contributed by atoms with Gasteiger partial charge in [0.2, 0.25) is 5.52 Å². The summed E-state index contributed by atoms with van der Waals surface area (Å²) >= 11 is 0. The van der Waals surface area contributed by atoms with Crippen molar-refractivity contribution >= 4 is 39.5 Å². The molecular formula is C18H18N7O+. The number of aromatic nitrogens is 5. The molecule has 1 aromatic carbocycles. The fraction of sp³-hybridized carbons (Fsp3) is 0.222. The van der Waals surface area contributed by atoms with Crippen LogP contribution in [0.15, 0.2) is 36.8 Å². The molecule has 3 aromatic heterocycles. The maximum atomic E-state index is 5.48. The molecular weight excluding hydrogens is 330 g/mol. The summed E-state index contributed by atoms with van der Waals surface area (Å²) in [5.41, 5.74) is 3.30. The van der Waals surface area contributed by atoms with Crippen LogP contribution in [0.25, 0.3) is 22.1 Å². The standard InChI is InChI=1S/C18H17N7O/c1-26-13-8-12(7-10-3-2-6-19-14(10)13)23-18-24-16-15(20-9-21-16)17(25-18)22-11-4-5-11/h2-3,6-9,11H,4-5H2,1H3,(H3,20,21,22,23,24,25)/p+1. The highest BCUT2D eigenvalue weighted by Gasteiger charge is 2.25. The molecule has 8 heteroatoms. The summed E-state index contributed by atoms with van der Waals surface area (Å²) in [5.74, 6) is 2.02. The number of hydrogen-bond acceptors (Lipinski definition) is 6. The molecule has 1 aliphatic rings. The molecule has 0 saturated heterocycles. The molecule has 0 aliphatic heterocycles. The van der Waals surface area contributed by atoms with Crippen molar-refractivity contribution in [2.75, 3.05) is 17.7 Å². The van der Waals surface area contributed by atoms with Crippen LogP contribution in [0.3, 0.4) is 0 Å². The van der Waals surface area contributed by atoms with Crippen LogP contribution < -0.4 is 20.4 Å². The largest absolute Gasteiger partial charge is 0.494 e. The Morgan fingerprint density at radius 3 is 3.04 bits per heavy atom. The highest BCUT2D eigenvalue weighted by Crippen LogP contribution is 2.31. The number of pyridine rings is 1. The maximum Gasteiger partial charge on any atom is 0.307 e. The van der Waals surface area contributed by atoms with Crippen molar-refractivity contribution in [1.82, 2.24) is 19.9 Å². The number of fused-ring (bicyclic) bond motifs is 2. The quantitative estimate of drug-likeness (QED) is 0.512. The third-order valence-electron chi connectivity index (χ3n) is 4.40. The molecule has 1 fully saturated rings. The highest BCUT2D eigenvalue weighted by molar-refractivity contribution is 5.89. The minimum Gasteiger partial charge on any atom is -0.494 e. The van der Waals surface area contributed by atoms with Gasteiger partial charge in [0.15, 0.2) is 12.1 Å². The molecule has 0 bridgehead atoms. The smallest absolute Gasteiger partial charge is 0.307 e. The third kappa shape index (κ3) is 2.65. The summed E-state index contributed by atoms with van der Waals surface area (Å²) in [6, 6.07) is 8.31. The molecule has 26 heavy (non-hydrogen) atoms. The number of methoxy groups -OCH3 is 1. The van der Waals surface area contributed by atoms with Crippen molar-refractivity contribution < 1.29 is 9.72 Å². The van der Waals surface area contributed by atoms with Crippen molar-refractivity contribution in [2.24, 2.45) is 0 Å². The second-order valence-electron chi connectivity index (χ2n) is 6.35. The van der Waals surface area contributed by atoms with Crippen molar-refractivity contribution in [3.05, 3.63) is 36.8 Å². The van der Waals surface area contributed by atoms with Gasteiger partial charge in [-0.05, 0) is 25.0 Å². The number of nitrogens with one attached hydrogen (secondary N) is 4. The lowest BCUT2D eigenvalue weighted by atomic mass is 10.2. The average molecular weight is 348 g/mol. The zero-order chi connectivity index (χ0) is 17.5. The van der Waals surface area contributed by atoms with E-state index in [0.717, 1.165) is 33.6 Å². The van der Waals surface area contributed by atoms with Crippen LogP contribution in [0.4, 0.5) is 17.5 Å². The van der Waals surface area contributed by atoms with E-state index in [-0.39, 0.29) is 0 Å². The Hall–Kier alpha value is -3.42. The van der Waals surface area contributed by atoms with Crippen LogP contribution in [0.5, 0.6) is 5.75 Å². The fourth-order valence-corrected chi connectivity index (χ4v) is 2.98. The molecule has 1 saturated carbocycles. The molecule has 4 aromatic rings. The predicted octanol–water partition coefficient (Wildman–Crippen LogP) is 2.65. The number of nitrogens with zero attached hydrogens (tertiary/aromatic N) is 3. The Kier molecular flexibility index (Phi) is 3.34. The second-order valence-corrected chi connectivity index (χ2v) is 6.35. The molecule has 130 valence electrons. The summed E-state index contributed by atoms with van der Waals surface area (Å²) in [6.45, 7) is 0. The van der Waals surface area contributed by atoms with Gasteiger partial charge in [0.1, 0.15) is 11.3 Å². The van der Waals surface area contributed by atoms with E-state index in [1.165, 1.54) is 12.8 Å². The molecule has 0 radical (unpaired) electrons. The first kappa shape index (κ1) is 14.9. The lowest BCUT2D eigenvalue weighted by molar-refractivity contribution is -0.347. The van der Waals surface area contributed by atoms with Crippen LogP contribution in [0.1, 0.15) is 12.8 Å². The first-order valence-electron chi connectivity index (χ1n) is 8.53. The Bertz CT molecular complexity index is 1100. The molecule has 0 unspecified atom stereocenters. The first-order valence-corrected chi connectivity index (χ1v) is 8.53. The zero-order valence-corrected chi connectivity index (χ0v) is 14.2. The van der Waals surface area contributed by atoms with Crippen molar-refractivity contribution in [2.45, 2.75) is 18.9 Å². The van der Waals surface area contributed by atoms with Crippen LogP contribution in [0.2, 0.25) is 0 Å². The van der Waals surface area contributed by atoms with Crippen molar-refractivity contribution in [3.8, 4) is 5.75 Å². The predicted molar refractivity (Wildman–Crippen MR) is 98.7 cm³/mol. The normalized spacial score (nSPS) is 13.9. The molecule has 4 N–H and O–H groups in total. The minimum absolute atomic E-state index is 0.496. The fourth-order valence-electron chi connectivity index (χ4n) is 2.98. The van der Waals surface area contributed by atoms with E-state index in [1.807, 2.05) is 24.3 Å². The van der Waals surface area contributed by atoms with Gasteiger partial charge in [-0.15, -0.1) is 0 Å². The van der Waals surface area contributed by atoms with E-state index >= 15 is 0 Å². The van der Waals surface area contributed by atoms with E-state index in [0.29, 0.717) is 17.7 Å². The summed E-state index contributed by atoms with van der Waals surface area (Å²) < 4.78 is 5.48. The summed E-state index contributed by atoms with van der Waals surface area (Å²) in [7, 11) is 1.64. The third-order valence-corrected chi connectivity index (χ3v) is 4.40. The van der Waals surface area contributed by atoms with E-state index in [1.54, 1.807) is 19.6 Å². The van der Waals surface area contributed by atoms with Gasteiger partial charge >= 0.3 is 11.6 Å². The van der Waals surface area contributed by atoms with Crippen LogP contribution >= 0.6 is 0 Å². The van der Waals surface area contributed by atoms with Crippen LogP contribution in [-0.4, -0.2) is 33.1 Å². The topological polar surface area (TPSA) is 102 Å². The van der Waals surface area contributed by atoms with E-state index < -0.39 is 0 Å². The Balaban J connectivity index is 1.55. The van der Waals surface area contributed by atoms with Crippen molar-refractivity contribution in [3.63, 3.8) is 0 Å². The lowest BCUT2D eigenvalue weighted by Crippen LogP contribution is -2.09. The molecule has 0 amide bonds. The van der Waals surface area contributed by atoms with Gasteiger partial charge in [0, 0.05) is 29.4 Å². The van der Waals surface area contributed by atoms with Gasteiger partial charge in [-0.2, -0.15) is 4.98 Å². The SMILES string of the molecule is COc1cc(Nc2nc(NC3CC3)c3[nH]c[nH+]c3n2)cc2cccnc12. The summed E-state index contributed by atoms with van der Waals surface area (Å²) in [6.07, 6.45) is 5.86. The number of aromatic amines is 2. The minimum atomic E-state index is 0.496. The molecule has 0 spiro atoms. The highest BCUT2D eigenvalue weighted by atomic mass is 16.5. The van der Waals surface area contributed by atoms with Gasteiger partial charge in [-0.25, -0.2) is 4.98 Å². The number of anilines is 3. The average Bonchev–Trinajstić information content (AvgIpc) is 3.34. The number of benzene rings is 1. The first-order chi connectivity index (χ1) is 12.8. The number of imidazole rings is 1. The van der Waals surface area contributed by atoms with Gasteiger partial charge in [0.05, 0.1) is 7.11 Å². The van der Waals surface area contributed by atoms with Gasteiger partial charge < -0.3 is 15.4 Å². The molecule has 0 atom stereocenters. The summed E-state index contributed by atoms with van der Waals surface area (Å²) in [4.78, 5) is 19.8. The van der Waals surface area contributed by atoms with E-state index in [2.05, 4.69) is 35.6 Å².